The molecule has 0 saturated heterocycles. The third-order valence-corrected chi connectivity index (χ3v) is 8.18. The summed E-state index contributed by atoms with van der Waals surface area (Å²) in [6.45, 7) is 4.73. The SMILES string of the molecule is CC1(C)c2ccccc2-c2ccc3c(c21)c1ccccc1n3-c1cccc2c1ncn2-c1ccccc1. The zero-order valence-electron chi connectivity index (χ0n) is 20.8. The van der Waals surface area contributed by atoms with Crippen molar-refractivity contribution >= 4 is 32.8 Å². The second kappa shape index (κ2) is 7.21. The highest BCUT2D eigenvalue weighted by molar-refractivity contribution is 6.15. The van der Waals surface area contributed by atoms with Crippen LogP contribution in [0.15, 0.2) is 116 Å². The molecule has 1 aliphatic rings. The lowest BCUT2D eigenvalue weighted by molar-refractivity contribution is 0.666. The van der Waals surface area contributed by atoms with Gasteiger partial charge in [-0.1, -0.05) is 86.6 Å². The standard InChI is InChI=1S/C34H25N3/c1-34(2)26-15-8-6-13-23(26)24-19-20-28-31(32(24)34)25-14-7-9-16-27(25)37(28)30-18-10-17-29-33(30)35-21-36(29)22-11-4-3-5-12-22/h3-21H,1-2H3. The van der Waals surface area contributed by atoms with Gasteiger partial charge in [0.05, 0.1) is 22.2 Å². The lowest BCUT2D eigenvalue weighted by atomic mass is 9.80. The number of rotatable bonds is 2. The van der Waals surface area contributed by atoms with Crippen LogP contribution in [0.4, 0.5) is 0 Å². The molecule has 0 saturated carbocycles. The van der Waals surface area contributed by atoms with Crippen molar-refractivity contribution in [1.29, 1.82) is 0 Å². The van der Waals surface area contributed by atoms with Gasteiger partial charge in [-0.3, -0.25) is 4.57 Å². The molecule has 0 spiro atoms. The zero-order valence-corrected chi connectivity index (χ0v) is 20.8. The Kier molecular flexibility index (Phi) is 4.00. The normalized spacial score (nSPS) is 13.9. The average Bonchev–Trinajstić information content (AvgIpc) is 3.58. The Morgan fingerprint density at radius 3 is 2.27 bits per heavy atom. The van der Waals surface area contributed by atoms with Crippen molar-refractivity contribution in [1.82, 2.24) is 14.1 Å². The van der Waals surface area contributed by atoms with Crippen molar-refractivity contribution in [3.63, 3.8) is 0 Å². The maximum Gasteiger partial charge on any atom is 0.113 e. The fourth-order valence-corrected chi connectivity index (χ4v) is 6.59. The molecule has 2 aromatic heterocycles. The smallest absolute Gasteiger partial charge is 0.113 e. The fourth-order valence-electron chi connectivity index (χ4n) is 6.59. The minimum atomic E-state index is -0.0821. The molecule has 0 amide bonds. The Morgan fingerprint density at radius 1 is 0.622 bits per heavy atom. The molecule has 0 radical (unpaired) electrons. The number of imidazole rings is 1. The van der Waals surface area contributed by atoms with Crippen molar-refractivity contribution in [2.24, 2.45) is 0 Å². The predicted octanol–water partition coefficient (Wildman–Crippen LogP) is 8.43. The summed E-state index contributed by atoms with van der Waals surface area (Å²) in [6.07, 6.45) is 1.94. The second-order valence-electron chi connectivity index (χ2n) is 10.5. The molecule has 5 aromatic carbocycles. The predicted molar refractivity (Wildman–Crippen MR) is 153 cm³/mol. The van der Waals surface area contributed by atoms with E-state index in [1.165, 1.54) is 44.1 Å². The summed E-state index contributed by atoms with van der Waals surface area (Å²) in [5.74, 6) is 0. The van der Waals surface area contributed by atoms with E-state index in [1.54, 1.807) is 0 Å². The van der Waals surface area contributed by atoms with Crippen molar-refractivity contribution in [2.45, 2.75) is 19.3 Å². The van der Waals surface area contributed by atoms with Crippen LogP contribution in [0.25, 0.3) is 55.3 Å². The first kappa shape index (κ1) is 20.6. The van der Waals surface area contributed by atoms with E-state index < -0.39 is 0 Å². The van der Waals surface area contributed by atoms with Crippen molar-refractivity contribution in [3.8, 4) is 22.5 Å². The molecule has 7 aromatic rings. The van der Waals surface area contributed by atoms with Crippen LogP contribution in [-0.2, 0) is 5.41 Å². The van der Waals surface area contributed by atoms with E-state index in [2.05, 4.69) is 126 Å². The molecule has 3 nitrogen and oxygen atoms in total. The molecule has 176 valence electrons. The van der Waals surface area contributed by atoms with Gasteiger partial charge in [-0.15, -0.1) is 0 Å². The highest BCUT2D eigenvalue weighted by Crippen LogP contribution is 2.53. The Labute approximate surface area is 215 Å². The van der Waals surface area contributed by atoms with Crippen LogP contribution < -0.4 is 0 Å². The van der Waals surface area contributed by atoms with Gasteiger partial charge < -0.3 is 4.57 Å². The number of fused-ring (bicyclic) bond motifs is 8. The van der Waals surface area contributed by atoms with Crippen LogP contribution in [0.5, 0.6) is 0 Å². The van der Waals surface area contributed by atoms with Gasteiger partial charge in [0.2, 0.25) is 0 Å². The van der Waals surface area contributed by atoms with E-state index in [9.17, 15) is 0 Å². The Hall–Kier alpha value is -4.63. The Balaban J connectivity index is 1.48. The molecule has 2 heterocycles. The molecule has 0 N–H and O–H groups in total. The van der Waals surface area contributed by atoms with Gasteiger partial charge >= 0.3 is 0 Å². The summed E-state index contributed by atoms with van der Waals surface area (Å²) in [6, 6.07) is 39.2. The number of aromatic nitrogens is 3. The second-order valence-corrected chi connectivity index (χ2v) is 10.5. The minimum absolute atomic E-state index is 0.0821. The van der Waals surface area contributed by atoms with Gasteiger partial charge in [-0.2, -0.15) is 0 Å². The van der Waals surface area contributed by atoms with Crippen molar-refractivity contribution < 1.29 is 0 Å². The molecular weight excluding hydrogens is 450 g/mol. The summed E-state index contributed by atoms with van der Waals surface area (Å²) in [7, 11) is 0. The maximum atomic E-state index is 4.94. The van der Waals surface area contributed by atoms with Gasteiger partial charge in [0, 0.05) is 21.9 Å². The summed E-state index contributed by atoms with van der Waals surface area (Å²) in [4.78, 5) is 4.94. The minimum Gasteiger partial charge on any atom is -0.307 e. The van der Waals surface area contributed by atoms with Gasteiger partial charge in [-0.25, -0.2) is 4.98 Å². The number of hydrogen-bond acceptors (Lipinski definition) is 1. The molecule has 37 heavy (non-hydrogen) atoms. The van der Waals surface area contributed by atoms with E-state index in [0.29, 0.717) is 0 Å². The molecule has 0 atom stereocenters. The van der Waals surface area contributed by atoms with Gasteiger partial charge in [0.1, 0.15) is 11.8 Å². The first-order valence-corrected chi connectivity index (χ1v) is 12.8. The van der Waals surface area contributed by atoms with E-state index >= 15 is 0 Å². The summed E-state index contributed by atoms with van der Waals surface area (Å²) in [5.41, 5.74) is 12.2. The van der Waals surface area contributed by atoms with E-state index in [0.717, 1.165) is 22.4 Å². The molecule has 3 heteroatoms. The average molecular weight is 476 g/mol. The zero-order chi connectivity index (χ0) is 24.7. The molecule has 0 unspecified atom stereocenters. The topological polar surface area (TPSA) is 22.8 Å². The van der Waals surface area contributed by atoms with Crippen LogP contribution in [0.1, 0.15) is 25.0 Å². The van der Waals surface area contributed by atoms with Crippen LogP contribution in [0.3, 0.4) is 0 Å². The molecule has 0 fully saturated rings. The Bertz CT molecular complexity index is 2000. The summed E-state index contributed by atoms with van der Waals surface area (Å²) < 4.78 is 4.58. The van der Waals surface area contributed by atoms with Gasteiger partial charge in [0.15, 0.2) is 0 Å². The molecule has 1 aliphatic carbocycles. The molecule has 8 rings (SSSR count). The number of para-hydroxylation sites is 3. The third-order valence-electron chi connectivity index (χ3n) is 8.18. The fraction of sp³-hybridized carbons (Fsp3) is 0.0882. The monoisotopic (exact) mass is 475 g/mol. The molecular formula is C34H25N3. The Morgan fingerprint density at radius 2 is 1.38 bits per heavy atom. The number of hydrogen-bond donors (Lipinski definition) is 0. The maximum absolute atomic E-state index is 4.94. The molecule has 0 bridgehead atoms. The third kappa shape index (κ3) is 2.63. The van der Waals surface area contributed by atoms with E-state index in [-0.39, 0.29) is 5.41 Å². The van der Waals surface area contributed by atoms with Gasteiger partial charge in [-0.05, 0) is 58.7 Å². The van der Waals surface area contributed by atoms with Crippen LogP contribution in [-0.4, -0.2) is 14.1 Å². The summed E-state index contributed by atoms with van der Waals surface area (Å²) in [5, 5.41) is 2.63. The molecule has 0 aliphatic heterocycles. The van der Waals surface area contributed by atoms with Crippen LogP contribution >= 0.6 is 0 Å². The lowest BCUT2D eigenvalue weighted by Crippen LogP contribution is -2.15. The van der Waals surface area contributed by atoms with Crippen molar-refractivity contribution in [3.05, 3.63) is 127 Å². The highest BCUT2D eigenvalue weighted by Gasteiger charge is 2.38. The number of nitrogens with zero attached hydrogens (tertiary/aromatic N) is 3. The van der Waals surface area contributed by atoms with Crippen LogP contribution in [0.2, 0.25) is 0 Å². The van der Waals surface area contributed by atoms with Gasteiger partial charge in [0.25, 0.3) is 0 Å². The van der Waals surface area contributed by atoms with E-state index in [4.69, 9.17) is 4.98 Å². The first-order valence-electron chi connectivity index (χ1n) is 12.8. The quantitative estimate of drug-likeness (QED) is 0.246. The first-order chi connectivity index (χ1) is 18.1. The highest BCUT2D eigenvalue weighted by atomic mass is 15.1. The number of benzene rings is 5. The van der Waals surface area contributed by atoms with Crippen LogP contribution in [0, 0.1) is 0 Å². The lowest BCUT2D eigenvalue weighted by Gasteiger charge is -2.22. The largest absolute Gasteiger partial charge is 0.307 e. The summed E-state index contributed by atoms with van der Waals surface area (Å²) >= 11 is 0. The van der Waals surface area contributed by atoms with Crippen molar-refractivity contribution in [2.75, 3.05) is 0 Å². The van der Waals surface area contributed by atoms with E-state index in [1.807, 2.05) is 12.4 Å².